The molecule has 1 aromatic rings. The number of rotatable bonds is 8. The van der Waals surface area contributed by atoms with E-state index in [-0.39, 0.29) is 31.7 Å². The van der Waals surface area contributed by atoms with Gasteiger partial charge in [-0.3, -0.25) is 14.5 Å². The van der Waals surface area contributed by atoms with Crippen LogP contribution in [0.4, 0.5) is 0 Å². The van der Waals surface area contributed by atoms with Crippen LogP contribution in [0.15, 0.2) is 30.3 Å². The van der Waals surface area contributed by atoms with Crippen LogP contribution in [0.2, 0.25) is 0 Å². The van der Waals surface area contributed by atoms with Crippen molar-refractivity contribution in [1.29, 1.82) is 0 Å². The number of nitrogens with zero attached hydrogens (tertiary/aromatic N) is 1. The molecule has 1 unspecified atom stereocenters. The van der Waals surface area contributed by atoms with Crippen molar-refractivity contribution in [2.75, 3.05) is 26.2 Å². The van der Waals surface area contributed by atoms with Crippen LogP contribution in [-0.4, -0.2) is 54.2 Å². The van der Waals surface area contributed by atoms with Gasteiger partial charge in [-0.1, -0.05) is 30.3 Å². The average molecular weight is 306 g/mol. The molecule has 0 amide bonds. The van der Waals surface area contributed by atoms with Crippen molar-refractivity contribution in [1.82, 2.24) is 10.2 Å². The van der Waals surface area contributed by atoms with E-state index in [1.807, 2.05) is 35.2 Å². The summed E-state index contributed by atoms with van der Waals surface area (Å²) in [6.07, 6.45) is 1.96. The molecule has 0 aromatic heterocycles. The minimum Gasteiger partial charge on any atom is -0.480 e. The second kappa shape index (κ2) is 8.51. The van der Waals surface area contributed by atoms with Crippen molar-refractivity contribution in [2.24, 2.45) is 0 Å². The highest BCUT2D eigenvalue weighted by atomic mass is 16.5. The van der Waals surface area contributed by atoms with Gasteiger partial charge in [0.2, 0.25) is 0 Å². The van der Waals surface area contributed by atoms with E-state index in [1.54, 1.807) is 0 Å². The van der Waals surface area contributed by atoms with Gasteiger partial charge in [0.1, 0.15) is 6.61 Å². The smallest absolute Gasteiger partial charge is 0.320 e. The largest absolute Gasteiger partial charge is 0.480 e. The highest BCUT2D eigenvalue weighted by Crippen LogP contribution is 2.15. The summed E-state index contributed by atoms with van der Waals surface area (Å²) in [6, 6.07) is 9.71. The van der Waals surface area contributed by atoms with E-state index in [9.17, 15) is 9.59 Å². The zero-order valence-corrected chi connectivity index (χ0v) is 12.5. The molecule has 0 spiro atoms. The molecule has 120 valence electrons. The fourth-order valence-corrected chi connectivity index (χ4v) is 2.64. The van der Waals surface area contributed by atoms with Crippen LogP contribution < -0.4 is 5.32 Å². The SMILES string of the molecule is O=C(O)CN1CCCC1CNCC(=O)OCc1ccccc1. The topological polar surface area (TPSA) is 78.9 Å². The van der Waals surface area contributed by atoms with E-state index in [4.69, 9.17) is 9.84 Å². The number of nitrogens with one attached hydrogen (secondary N) is 1. The van der Waals surface area contributed by atoms with Crippen LogP contribution >= 0.6 is 0 Å². The summed E-state index contributed by atoms with van der Waals surface area (Å²) in [6.45, 7) is 1.88. The molecule has 1 heterocycles. The number of benzene rings is 1. The molecule has 0 radical (unpaired) electrons. The van der Waals surface area contributed by atoms with Crippen LogP contribution in [-0.2, 0) is 20.9 Å². The molecule has 6 heteroatoms. The third kappa shape index (κ3) is 5.46. The summed E-state index contributed by atoms with van der Waals surface area (Å²) in [5, 5.41) is 11.9. The second-order valence-corrected chi connectivity index (χ2v) is 5.44. The third-order valence-electron chi connectivity index (χ3n) is 3.73. The zero-order valence-electron chi connectivity index (χ0n) is 12.5. The Morgan fingerprint density at radius 1 is 1.32 bits per heavy atom. The first-order valence-electron chi connectivity index (χ1n) is 7.51. The maximum Gasteiger partial charge on any atom is 0.320 e. The molecule has 22 heavy (non-hydrogen) atoms. The van der Waals surface area contributed by atoms with Crippen LogP contribution in [0.1, 0.15) is 18.4 Å². The summed E-state index contributed by atoms with van der Waals surface area (Å²) in [5.74, 6) is -1.11. The van der Waals surface area contributed by atoms with Gasteiger partial charge in [-0.15, -0.1) is 0 Å². The Labute approximate surface area is 130 Å². The molecule has 6 nitrogen and oxygen atoms in total. The van der Waals surface area contributed by atoms with E-state index < -0.39 is 5.97 Å². The maximum absolute atomic E-state index is 11.7. The number of hydrogen-bond acceptors (Lipinski definition) is 5. The Morgan fingerprint density at radius 3 is 2.82 bits per heavy atom. The number of hydrogen-bond donors (Lipinski definition) is 2. The van der Waals surface area contributed by atoms with Gasteiger partial charge >= 0.3 is 11.9 Å². The highest BCUT2D eigenvalue weighted by molar-refractivity contribution is 5.71. The first-order chi connectivity index (χ1) is 10.6. The van der Waals surface area contributed by atoms with Crippen molar-refractivity contribution >= 4 is 11.9 Å². The van der Waals surface area contributed by atoms with Gasteiger partial charge in [0.05, 0.1) is 13.1 Å². The molecule has 1 aromatic carbocycles. The Morgan fingerprint density at radius 2 is 2.09 bits per heavy atom. The first-order valence-corrected chi connectivity index (χ1v) is 7.51. The Bertz CT molecular complexity index is 492. The minimum absolute atomic E-state index is 0.0603. The number of carbonyl (C=O) groups excluding carboxylic acids is 1. The minimum atomic E-state index is -0.811. The Kier molecular flexibility index (Phi) is 6.36. The number of aliphatic carboxylic acids is 1. The lowest BCUT2D eigenvalue weighted by molar-refractivity contribution is -0.144. The second-order valence-electron chi connectivity index (χ2n) is 5.44. The predicted molar refractivity (Wildman–Crippen MR) is 81.3 cm³/mol. The Hall–Kier alpha value is -1.92. The summed E-state index contributed by atoms with van der Waals surface area (Å²) in [7, 11) is 0. The number of esters is 1. The monoisotopic (exact) mass is 306 g/mol. The molecular formula is C16H22N2O4. The summed E-state index contributed by atoms with van der Waals surface area (Å²) in [4.78, 5) is 24.4. The van der Waals surface area contributed by atoms with Gasteiger partial charge in [-0.05, 0) is 24.9 Å². The summed E-state index contributed by atoms with van der Waals surface area (Å²) in [5.41, 5.74) is 0.958. The van der Waals surface area contributed by atoms with Gasteiger partial charge in [0.15, 0.2) is 0 Å². The first kappa shape index (κ1) is 16.5. The fraction of sp³-hybridized carbons (Fsp3) is 0.500. The van der Waals surface area contributed by atoms with Crippen molar-refractivity contribution in [3.05, 3.63) is 35.9 Å². The van der Waals surface area contributed by atoms with Gasteiger partial charge in [-0.25, -0.2) is 0 Å². The molecule has 1 fully saturated rings. The predicted octanol–water partition coefficient (Wildman–Crippen LogP) is 0.868. The lowest BCUT2D eigenvalue weighted by Crippen LogP contribution is -2.41. The maximum atomic E-state index is 11.7. The van der Waals surface area contributed by atoms with Crippen molar-refractivity contribution in [2.45, 2.75) is 25.5 Å². The average Bonchev–Trinajstić information content (AvgIpc) is 2.93. The van der Waals surface area contributed by atoms with E-state index in [1.165, 1.54) is 0 Å². The summed E-state index contributed by atoms with van der Waals surface area (Å²) >= 11 is 0. The molecule has 2 N–H and O–H groups in total. The number of carbonyl (C=O) groups is 2. The van der Waals surface area contributed by atoms with Crippen LogP contribution in [0, 0.1) is 0 Å². The Balaban J connectivity index is 1.63. The quantitative estimate of drug-likeness (QED) is 0.694. The van der Waals surface area contributed by atoms with E-state index >= 15 is 0 Å². The van der Waals surface area contributed by atoms with Gasteiger partial charge < -0.3 is 15.2 Å². The van der Waals surface area contributed by atoms with Crippen LogP contribution in [0.25, 0.3) is 0 Å². The van der Waals surface area contributed by atoms with E-state index in [0.29, 0.717) is 6.54 Å². The van der Waals surface area contributed by atoms with Crippen LogP contribution in [0.3, 0.4) is 0 Å². The molecule has 1 atom stereocenters. The van der Waals surface area contributed by atoms with E-state index in [2.05, 4.69) is 5.32 Å². The van der Waals surface area contributed by atoms with E-state index in [0.717, 1.165) is 24.9 Å². The number of ether oxygens (including phenoxy) is 1. The third-order valence-corrected chi connectivity index (χ3v) is 3.73. The standard InChI is InChI=1S/C16H22N2O4/c19-15(20)11-18-8-4-7-14(18)9-17-10-16(21)22-12-13-5-2-1-3-6-13/h1-3,5-6,14,17H,4,7-12H2,(H,19,20). The summed E-state index contributed by atoms with van der Waals surface area (Å²) < 4.78 is 5.18. The normalized spacial score (nSPS) is 18.3. The van der Waals surface area contributed by atoms with Crippen molar-refractivity contribution in [3.8, 4) is 0 Å². The molecule has 0 bridgehead atoms. The molecule has 1 saturated heterocycles. The molecule has 0 saturated carbocycles. The van der Waals surface area contributed by atoms with Crippen molar-refractivity contribution in [3.63, 3.8) is 0 Å². The molecule has 2 rings (SSSR count). The highest BCUT2D eigenvalue weighted by Gasteiger charge is 2.25. The lowest BCUT2D eigenvalue weighted by atomic mass is 10.2. The van der Waals surface area contributed by atoms with Gasteiger partial charge in [0.25, 0.3) is 0 Å². The number of carboxylic acid groups (broad SMARTS) is 1. The number of carboxylic acids is 1. The number of likely N-dealkylation sites (tertiary alicyclic amines) is 1. The molecule has 1 aliphatic heterocycles. The van der Waals surface area contributed by atoms with Gasteiger partial charge in [-0.2, -0.15) is 0 Å². The molecular weight excluding hydrogens is 284 g/mol. The van der Waals surface area contributed by atoms with Crippen LogP contribution in [0.5, 0.6) is 0 Å². The molecule has 0 aliphatic carbocycles. The zero-order chi connectivity index (χ0) is 15.8. The lowest BCUT2D eigenvalue weighted by Gasteiger charge is -2.22. The van der Waals surface area contributed by atoms with Gasteiger partial charge in [0, 0.05) is 12.6 Å². The fourth-order valence-electron chi connectivity index (χ4n) is 2.64. The van der Waals surface area contributed by atoms with Crippen molar-refractivity contribution < 1.29 is 19.4 Å². The molecule has 1 aliphatic rings.